The number of amides is 1. The van der Waals surface area contributed by atoms with Crippen molar-refractivity contribution in [2.75, 3.05) is 5.32 Å². The molecule has 3 rings (SSSR count). The van der Waals surface area contributed by atoms with Crippen molar-refractivity contribution in [3.63, 3.8) is 0 Å². The SMILES string of the molecule is CC(C)(C)OC(=O)c1ccc(-c2ccc(NC(=O)Oc3ccccc3)cc2)cc1. The average molecular weight is 389 g/mol. The molecule has 0 atom stereocenters. The Morgan fingerprint density at radius 1 is 0.759 bits per heavy atom. The normalized spacial score (nSPS) is 10.9. The molecule has 0 saturated heterocycles. The molecule has 0 unspecified atom stereocenters. The van der Waals surface area contributed by atoms with E-state index >= 15 is 0 Å². The zero-order valence-corrected chi connectivity index (χ0v) is 16.6. The second-order valence-electron chi connectivity index (χ2n) is 7.48. The van der Waals surface area contributed by atoms with Crippen molar-refractivity contribution in [2.45, 2.75) is 26.4 Å². The van der Waals surface area contributed by atoms with Crippen LogP contribution in [-0.2, 0) is 4.74 Å². The highest BCUT2D eigenvalue weighted by molar-refractivity contribution is 5.90. The Kier molecular flexibility index (Phi) is 5.98. The summed E-state index contributed by atoms with van der Waals surface area (Å²) in [6, 6.07) is 23.5. The molecule has 0 aliphatic heterocycles. The molecule has 0 aliphatic carbocycles. The molecule has 1 N–H and O–H groups in total. The lowest BCUT2D eigenvalue weighted by Crippen LogP contribution is -2.23. The van der Waals surface area contributed by atoms with Gasteiger partial charge in [0.15, 0.2) is 0 Å². The van der Waals surface area contributed by atoms with Gasteiger partial charge in [-0.15, -0.1) is 0 Å². The van der Waals surface area contributed by atoms with Crippen molar-refractivity contribution < 1.29 is 19.1 Å². The summed E-state index contributed by atoms with van der Waals surface area (Å²) in [4.78, 5) is 24.1. The summed E-state index contributed by atoms with van der Waals surface area (Å²) < 4.78 is 10.6. The largest absolute Gasteiger partial charge is 0.456 e. The summed E-state index contributed by atoms with van der Waals surface area (Å²) in [5.74, 6) is 0.132. The molecule has 0 radical (unpaired) electrons. The molecule has 5 heteroatoms. The van der Waals surface area contributed by atoms with E-state index in [2.05, 4.69) is 5.32 Å². The second-order valence-corrected chi connectivity index (χ2v) is 7.48. The van der Waals surface area contributed by atoms with Gasteiger partial charge < -0.3 is 9.47 Å². The summed E-state index contributed by atoms with van der Waals surface area (Å²) in [7, 11) is 0. The summed E-state index contributed by atoms with van der Waals surface area (Å²) >= 11 is 0. The highest BCUT2D eigenvalue weighted by Gasteiger charge is 2.17. The summed E-state index contributed by atoms with van der Waals surface area (Å²) in [5.41, 5.74) is 2.52. The minimum absolute atomic E-state index is 0.347. The topological polar surface area (TPSA) is 64.6 Å². The number of ether oxygens (including phenoxy) is 2. The molecule has 3 aromatic carbocycles. The van der Waals surface area contributed by atoms with Crippen molar-refractivity contribution in [1.29, 1.82) is 0 Å². The van der Waals surface area contributed by atoms with Gasteiger partial charge in [-0.2, -0.15) is 0 Å². The maximum Gasteiger partial charge on any atom is 0.417 e. The minimum Gasteiger partial charge on any atom is -0.456 e. The van der Waals surface area contributed by atoms with Crippen LogP contribution >= 0.6 is 0 Å². The molecule has 5 nitrogen and oxygen atoms in total. The second kappa shape index (κ2) is 8.61. The standard InChI is InChI=1S/C24H23NO4/c1-24(2,3)29-22(26)19-11-9-17(10-12-19)18-13-15-20(16-14-18)25-23(27)28-21-7-5-4-6-8-21/h4-16H,1-3H3,(H,25,27). The number of hydrogen-bond donors (Lipinski definition) is 1. The summed E-state index contributed by atoms with van der Waals surface area (Å²) in [6.07, 6.45) is -0.550. The van der Waals surface area contributed by atoms with Crippen LogP contribution in [0.3, 0.4) is 0 Å². The number of anilines is 1. The van der Waals surface area contributed by atoms with Crippen molar-refractivity contribution in [1.82, 2.24) is 0 Å². The molecule has 0 spiro atoms. The predicted molar refractivity (Wildman–Crippen MR) is 113 cm³/mol. The molecule has 3 aromatic rings. The fourth-order valence-corrected chi connectivity index (χ4v) is 2.62. The van der Waals surface area contributed by atoms with Gasteiger partial charge in [0.2, 0.25) is 0 Å². The number of para-hydroxylation sites is 1. The lowest BCUT2D eigenvalue weighted by molar-refractivity contribution is 0.00695. The zero-order valence-electron chi connectivity index (χ0n) is 16.6. The minimum atomic E-state index is -0.550. The first-order chi connectivity index (χ1) is 13.8. The van der Waals surface area contributed by atoms with Gasteiger partial charge in [-0.25, -0.2) is 9.59 Å². The van der Waals surface area contributed by atoms with Crippen molar-refractivity contribution in [3.05, 3.63) is 84.4 Å². The number of carbonyl (C=O) groups excluding carboxylic acids is 2. The highest BCUT2D eigenvalue weighted by atomic mass is 16.6. The van der Waals surface area contributed by atoms with Crippen LogP contribution in [0.5, 0.6) is 5.75 Å². The van der Waals surface area contributed by atoms with E-state index in [1.54, 1.807) is 48.5 Å². The van der Waals surface area contributed by atoms with Crippen LogP contribution < -0.4 is 10.1 Å². The third kappa shape index (κ3) is 5.94. The van der Waals surface area contributed by atoms with E-state index in [-0.39, 0.29) is 5.97 Å². The molecule has 0 aromatic heterocycles. The predicted octanol–water partition coefficient (Wildman–Crippen LogP) is 5.92. The number of carbonyl (C=O) groups is 2. The Morgan fingerprint density at radius 3 is 1.86 bits per heavy atom. The molecule has 0 saturated carbocycles. The van der Waals surface area contributed by atoms with Crippen LogP contribution in [0.2, 0.25) is 0 Å². The monoisotopic (exact) mass is 389 g/mol. The molecule has 29 heavy (non-hydrogen) atoms. The van der Waals surface area contributed by atoms with Gasteiger partial charge in [-0.05, 0) is 68.3 Å². The quantitative estimate of drug-likeness (QED) is 0.563. The number of hydrogen-bond acceptors (Lipinski definition) is 4. The first-order valence-electron chi connectivity index (χ1n) is 9.28. The van der Waals surface area contributed by atoms with E-state index in [9.17, 15) is 9.59 Å². The van der Waals surface area contributed by atoms with E-state index in [0.717, 1.165) is 11.1 Å². The third-order valence-electron chi connectivity index (χ3n) is 3.94. The third-order valence-corrected chi connectivity index (χ3v) is 3.94. The molecular formula is C24H23NO4. The van der Waals surface area contributed by atoms with Gasteiger partial charge in [0.05, 0.1) is 5.56 Å². The maximum absolute atomic E-state index is 12.1. The van der Waals surface area contributed by atoms with E-state index in [0.29, 0.717) is 17.0 Å². The van der Waals surface area contributed by atoms with Crippen LogP contribution in [0.25, 0.3) is 11.1 Å². The van der Waals surface area contributed by atoms with Crippen molar-refractivity contribution >= 4 is 17.7 Å². The van der Waals surface area contributed by atoms with Crippen molar-refractivity contribution in [2.24, 2.45) is 0 Å². The Labute approximate surface area is 170 Å². The molecule has 0 heterocycles. The van der Waals surface area contributed by atoms with Crippen LogP contribution in [-0.4, -0.2) is 17.7 Å². The van der Waals surface area contributed by atoms with Crippen LogP contribution in [0.1, 0.15) is 31.1 Å². The van der Waals surface area contributed by atoms with Gasteiger partial charge in [-0.3, -0.25) is 5.32 Å². The Morgan fingerprint density at radius 2 is 1.31 bits per heavy atom. The van der Waals surface area contributed by atoms with Gasteiger partial charge in [0.25, 0.3) is 0 Å². The first kappa shape index (κ1) is 20.1. The zero-order chi connectivity index (χ0) is 20.9. The fourth-order valence-electron chi connectivity index (χ4n) is 2.62. The van der Waals surface area contributed by atoms with E-state index in [4.69, 9.17) is 9.47 Å². The molecular weight excluding hydrogens is 366 g/mol. The fraction of sp³-hybridized carbons (Fsp3) is 0.167. The summed E-state index contributed by atoms with van der Waals surface area (Å²) in [5, 5.41) is 2.69. The number of rotatable bonds is 4. The van der Waals surface area contributed by atoms with Crippen molar-refractivity contribution in [3.8, 4) is 16.9 Å². The Hall–Kier alpha value is -3.60. The van der Waals surface area contributed by atoms with Gasteiger partial charge in [0, 0.05) is 5.69 Å². The van der Waals surface area contributed by atoms with Gasteiger partial charge >= 0.3 is 12.1 Å². The van der Waals surface area contributed by atoms with Crippen LogP contribution in [0.4, 0.5) is 10.5 Å². The number of nitrogens with one attached hydrogen (secondary N) is 1. The van der Waals surface area contributed by atoms with E-state index < -0.39 is 11.7 Å². The molecule has 0 bridgehead atoms. The lowest BCUT2D eigenvalue weighted by Gasteiger charge is -2.19. The van der Waals surface area contributed by atoms with Crippen LogP contribution in [0, 0.1) is 0 Å². The lowest BCUT2D eigenvalue weighted by atomic mass is 10.0. The molecule has 148 valence electrons. The number of benzene rings is 3. The maximum atomic E-state index is 12.1. The van der Waals surface area contributed by atoms with Crippen LogP contribution in [0.15, 0.2) is 78.9 Å². The van der Waals surface area contributed by atoms with E-state index in [1.165, 1.54) is 0 Å². The van der Waals surface area contributed by atoms with E-state index in [1.807, 2.05) is 51.1 Å². The Bertz CT molecular complexity index is 972. The molecule has 0 fully saturated rings. The molecule has 0 aliphatic rings. The molecule has 1 amide bonds. The Balaban J connectivity index is 1.62. The summed E-state index contributed by atoms with van der Waals surface area (Å²) in [6.45, 7) is 5.51. The van der Waals surface area contributed by atoms with Gasteiger partial charge in [-0.1, -0.05) is 42.5 Å². The average Bonchev–Trinajstić information content (AvgIpc) is 2.68. The number of esters is 1. The highest BCUT2D eigenvalue weighted by Crippen LogP contribution is 2.23. The smallest absolute Gasteiger partial charge is 0.417 e. The van der Waals surface area contributed by atoms with Gasteiger partial charge in [0.1, 0.15) is 11.4 Å². The first-order valence-corrected chi connectivity index (χ1v) is 9.28.